The van der Waals surface area contributed by atoms with Crippen molar-refractivity contribution in [2.45, 2.75) is 0 Å². The quantitative estimate of drug-likeness (QED) is 0.871. The van der Waals surface area contributed by atoms with Crippen molar-refractivity contribution in [3.63, 3.8) is 0 Å². The van der Waals surface area contributed by atoms with Crippen molar-refractivity contribution in [2.75, 3.05) is 12.4 Å². The van der Waals surface area contributed by atoms with E-state index in [0.717, 1.165) is 23.5 Å². The number of ether oxygens (including phenoxy) is 1. The van der Waals surface area contributed by atoms with Crippen LogP contribution in [0.25, 0.3) is 0 Å². The minimum atomic E-state index is -0.954. The molecule has 0 aliphatic heterocycles. The monoisotopic (exact) mass is 270 g/mol. The number of aromatic nitrogens is 1. The number of carbonyl (C=O) groups is 1. The molecule has 94 valence electrons. The van der Waals surface area contributed by atoms with E-state index in [1.54, 1.807) is 0 Å². The number of nitrogens with zero attached hydrogens (tertiary/aromatic N) is 1. The summed E-state index contributed by atoms with van der Waals surface area (Å²) in [5.41, 5.74) is 0.347. The van der Waals surface area contributed by atoms with Gasteiger partial charge in [0.25, 0.3) is 0 Å². The zero-order valence-corrected chi connectivity index (χ0v) is 10.1. The fourth-order valence-corrected chi connectivity index (χ4v) is 1.98. The normalized spacial score (nSPS) is 10.2. The number of esters is 1. The van der Waals surface area contributed by atoms with E-state index in [2.05, 4.69) is 15.0 Å². The first-order valence-electron chi connectivity index (χ1n) is 4.86. The largest absolute Gasteiger partial charge is 0.465 e. The third-order valence-electron chi connectivity index (χ3n) is 2.06. The van der Waals surface area contributed by atoms with Crippen molar-refractivity contribution in [3.05, 3.63) is 40.9 Å². The van der Waals surface area contributed by atoms with Crippen molar-refractivity contribution in [1.82, 2.24) is 4.98 Å². The number of halogens is 2. The minimum absolute atomic E-state index is 0.322. The molecule has 0 aliphatic rings. The van der Waals surface area contributed by atoms with Gasteiger partial charge in [-0.25, -0.2) is 18.6 Å². The summed E-state index contributed by atoms with van der Waals surface area (Å²) < 4.78 is 30.2. The molecule has 1 N–H and O–H groups in total. The van der Waals surface area contributed by atoms with E-state index in [4.69, 9.17) is 0 Å². The smallest absolute Gasteiger partial charge is 0.349 e. The summed E-state index contributed by atoms with van der Waals surface area (Å²) in [6, 6.07) is 3.39. The van der Waals surface area contributed by atoms with Gasteiger partial charge in [-0.2, -0.15) is 0 Å². The van der Waals surface area contributed by atoms with Gasteiger partial charge in [0, 0.05) is 11.8 Å². The Morgan fingerprint density at radius 3 is 2.83 bits per heavy atom. The molecular weight excluding hydrogens is 262 g/mol. The van der Waals surface area contributed by atoms with Gasteiger partial charge in [-0.3, -0.25) is 0 Å². The van der Waals surface area contributed by atoms with Gasteiger partial charge in [0.05, 0.1) is 13.3 Å². The molecule has 0 bridgehead atoms. The minimum Gasteiger partial charge on any atom is -0.465 e. The van der Waals surface area contributed by atoms with Crippen molar-refractivity contribution in [3.8, 4) is 0 Å². The molecule has 4 nitrogen and oxygen atoms in total. The molecule has 0 amide bonds. The SMILES string of the molecule is COC(=O)c1cnc(Nc2ccc(F)c(F)c2)s1. The van der Waals surface area contributed by atoms with Crippen LogP contribution in [0.3, 0.4) is 0 Å². The zero-order chi connectivity index (χ0) is 13.1. The molecule has 2 rings (SSSR count). The van der Waals surface area contributed by atoms with Crippen LogP contribution < -0.4 is 5.32 Å². The lowest BCUT2D eigenvalue weighted by Gasteiger charge is -2.02. The van der Waals surface area contributed by atoms with Crippen LogP contribution in [-0.4, -0.2) is 18.1 Å². The van der Waals surface area contributed by atoms with Gasteiger partial charge in [-0.05, 0) is 12.1 Å². The molecule has 0 aliphatic carbocycles. The predicted octanol–water partition coefficient (Wildman–Crippen LogP) is 2.95. The van der Waals surface area contributed by atoms with E-state index in [0.29, 0.717) is 15.7 Å². The fourth-order valence-electron chi connectivity index (χ4n) is 1.22. The standard InChI is InChI=1S/C11H8F2N2O2S/c1-17-10(16)9-5-14-11(18-9)15-6-2-3-7(12)8(13)4-6/h2-5H,1H3,(H,14,15). The summed E-state index contributed by atoms with van der Waals surface area (Å²) in [6.45, 7) is 0. The van der Waals surface area contributed by atoms with E-state index < -0.39 is 17.6 Å². The lowest BCUT2D eigenvalue weighted by atomic mass is 10.3. The lowest BCUT2D eigenvalue weighted by molar-refractivity contribution is 0.0606. The highest BCUT2D eigenvalue weighted by molar-refractivity contribution is 7.17. The van der Waals surface area contributed by atoms with Gasteiger partial charge < -0.3 is 10.1 Å². The number of benzene rings is 1. The van der Waals surface area contributed by atoms with E-state index in [1.165, 1.54) is 19.4 Å². The lowest BCUT2D eigenvalue weighted by Crippen LogP contribution is -1.96. The molecule has 0 radical (unpaired) electrons. The molecule has 0 unspecified atom stereocenters. The Morgan fingerprint density at radius 1 is 1.39 bits per heavy atom. The molecule has 7 heteroatoms. The first-order chi connectivity index (χ1) is 8.60. The Morgan fingerprint density at radius 2 is 2.17 bits per heavy atom. The summed E-state index contributed by atoms with van der Waals surface area (Å²) in [5.74, 6) is -2.37. The zero-order valence-electron chi connectivity index (χ0n) is 9.24. The molecule has 0 saturated carbocycles. The second kappa shape index (κ2) is 5.09. The van der Waals surface area contributed by atoms with Crippen molar-refractivity contribution >= 4 is 28.1 Å². The van der Waals surface area contributed by atoms with Gasteiger partial charge in [-0.1, -0.05) is 11.3 Å². The van der Waals surface area contributed by atoms with E-state index >= 15 is 0 Å². The maximum absolute atomic E-state index is 13.0. The van der Waals surface area contributed by atoms with Crippen LogP contribution in [0.1, 0.15) is 9.67 Å². The highest BCUT2D eigenvalue weighted by Crippen LogP contribution is 2.23. The Bertz CT molecular complexity index is 586. The number of hydrogen-bond donors (Lipinski definition) is 1. The van der Waals surface area contributed by atoms with Crippen molar-refractivity contribution in [1.29, 1.82) is 0 Å². The predicted molar refractivity (Wildman–Crippen MR) is 63.1 cm³/mol. The number of carbonyl (C=O) groups excluding carboxylic acids is 1. The van der Waals surface area contributed by atoms with Crippen LogP contribution in [0.2, 0.25) is 0 Å². The van der Waals surface area contributed by atoms with Crippen LogP contribution in [0.15, 0.2) is 24.4 Å². The van der Waals surface area contributed by atoms with Gasteiger partial charge in [0.15, 0.2) is 16.8 Å². The topological polar surface area (TPSA) is 51.2 Å². The molecule has 1 aromatic heterocycles. The summed E-state index contributed by atoms with van der Waals surface area (Å²) in [6.07, 6.45) is 1.35. The van der Waals surface area contributed by atoms with Gasteiger partial charge in [0.2, 0.25) is 0 Å². The van der Waals surface area contributed by atoms with Crippen LogP contribution in [0.4, 0.5) is 19.6 Å². The van der Waals surface area contributed by atoms with Gasteiger partial charge in [0.1, 0.15) is 4.88 Å². The summed E-state index contributed by atoms with van der Waals surface area (Å²) in [7, 11) is 1.27. The number of thiazole rings is 1. The third-order valence-corrected chi connectivity index (χ3v) is 2.96. The third kappa shape index (κ3) is 2.62. The number of methoxy groups -OCH3 is 1. The molecule has 0 saturated heterocycles. The Balaban J connectivity index is 2.16. The number of nitrogens with one attached hydrogen (secondary N) is 1. The van der Waals surface area contributed by atoms with E-state index in [9.17, 15) is 13.6 Å². The van der Waals surface area contributed by atoms with Crippen LogP contribution in [0.5, 0.6) is 0 Å². The van der Waals surface area contributed by atoms with Crippen molar-refractivity contribution in [2.24, 2.45) is 0 Å². The Kier molecular flexibility index (Phi) is 3.52. The fraction of sp³-hybridized carbons (Fsp3) is 0.0909. The van der Waals surface area contributed by atoms with E-state index in [1.807, 2.05) is 0 Å². The van der Waals surface area contributed by atoms with Crippen molar-refractivity contribution < 1.29 is 18.3 Å². The maximum Gasteiger partial charge on any atom is 0.349 e. The second-order valence-corrected chi connectivity index (χ2v) is 4.31. The molecule has 0 fully saturated rings. The molecule has 2 aromatic rings. The number of rotatable bonds is 3. The highest BCUT2D eigenvalue weighted by atomic mass is 32.1. The Hall–Kier alpha value is -2.02. The number of anilines is 2. The molecule has 1 heterocycles. The second-order valence-electron chi connectivity index (χ2n) is 3.28. The maximum atomic E-state index is 13.0. The molecular formula is C11H8F2N2O2S. The average molecular weight is 270 g/mol. The van der Waals surface area contributed by atoms with Gasteiger partial charge >= 0.3 is 5.97 Å². The first kappa shape index (κ1) is 12.4. The van der Waals surface area contributed by atoms with Gasteiger partial charge in [-0.15, -0.1) is 0 Å². The first-order valence-corrected chi connectivity index (χ1v) is 5.68. The summed E-state index contributed by atoms with van der Waals surface area (Å²) in [5, 5.41) is 3.15. The van der Waals surface area contributed by atoms with Crippen LogP contribution in [-0.2, 0) is 4.74 Å². The van der Waals surface area contributed by atoms with E-state index in [-0.39, 0.29) is 0 Å². The van der Waals surface area contributed by atoms with Crippen LogP contribution in [0, 0.1) is 11.6 Å². The summed E-state index contributed by atoms with van der Waals surface area (Å²) >= 11 is 1.06. The highest BCUT2D eigenvalue weighted by Gasteiger charge is 2.11. The average Bonchev–Trinajstić information content (AvgIpc) is 2.81. The molecule has 0 spiro atoms. The molecule has 18 heavy (non-hydrogen) atoms. The molecule has 1 aromatic carbocycles. The van der Waals surface area contributed by atoms with Crippen LogP contribution >= 0.6 is 11.3 Å². The summed E-state index contributed by atoms with van der Waals surface area (Å²) in [4.78, 5) is 15.4. The molecule has 0 atom stereocenters. The Labute approximate surface area is 105 Å². The number of hydrogen-bond acceptors (Lipinski definition) is 5.